The highest BCUT2D eigenvalue weighted by molar-refractivity contribution is 5.93. The van der Waals surface area contributed by atoms with Crippen molar-refractivity contribution in [3.05, 3.63) is 17.8 Å². The van der Waals surface area contributed by atoms with Crippen LogP contribution in [0.3, 0.4) is 0 Å². The minimum Gasteiger partial charge on any atom is -0.481 e. The number of nitrogens with zero attached hydrogens (tertiary/aromatic N) is 1. The molecule has 6 heteroatoms. The fourth-order valence-corrected chi connectivity index (χ4v) is 3.43. The molecule has 3 saturated carbocycles. The van der Waals surface area contributed by atoms with Crippen molar-refractivity contribution in [3.63, 3.8) is 0 Å². The third-order valence-electron chi connectivity index (χ3n) is 5.16. The summed E-state index contributed by atoms with van der Waals surface area (Å²) in [6.45, 7) is 0. The van der Waals surface area contributed by atoms with Crippen molar-refractivity contribution < 1.29 is 19.1 Å². The highest BCUT2D eigenvalue weighted by Crippen LogP contribution is 2.67. The Bertz CT molecular complexity index is 592. The van der Waals surface area contributed by atoms with E-state index in [9.17, 15) is 9.59 Å². The zero-order chi connectivity index (χ0) is 13.9. The molecule has 3 aliphatic rings. The third-order valence-corrected chi connectivity index (χ3v) is 5.16. The van der Waals surface area contributed by atoms with Crippen molar-refractivity contribution in [2.75, 3.05) is 0 Å². The molecule has 20 heavy (non-hydrogen) atoms. The summed E-state index contributed by atoms with van der Waals surface area (Å²) in [6.07, 6.45) is 5.96. The number of fused-ring (bicyclic) bond motifs is 1. The average Bonchev–Trinajstić information content (AvgIpc) is 2.71. The van der Waals surface area contributed by atoms with E-state index < -0.39 is 11.4 Å². The summed E-state index contributed by atoms with van der Waals surface area (Å²) in [7, 11) is 0. The zero-order valence-corrected chi connectivity index (χ0v) is 11.0. The molecule has 6 nitrogen and oxygen atoms in total. The lowest BCUT2D eigenvalue weighted by atomic mass is 9.80. The second kappa shape index (κ2) is 3.84. The molecule has 3 atom stereocenters. The molecule has 1 heterocycles. The van der Waals surface area contributed by atoms with Crippen LogP contribution in [0.5, 0.6) is 0 Å². The fourth-order valence-electron chi connectivity index (χ4n) is 3.43. The number of amides is 1. The van der Waals surface area contributed by atoms with Gasteiger partial charge < -0.3 is 14.8 Å². The van der Waals surface area contributed by atoms with Crippen molar-refractivity contribution in [3.8, 4) is 0 Å². The Labute approximate surface area is 115 Å². The molecule has 0 aromatic carbocycles. The summed E-state index contributed by atoms with van der Waals surface area (Å²) in [6, 6.07) is -0.0255. The topological polar surface area (TPSA) is 92.4 Å². The summed E-state index contributed by atoms with van der Waals surface area (Å²) in [5.74, 6) is 0.128. The molecular weight excluding hydrogens is 260 g/mol. The second-order valence-electron chi connectivity index (χ2n) is 6.25. The number of hydrogen-bond donors (Lipinski definition) is 2. The van der Waals surface area contributed by atoms with Gasteiger partial charge >= 0.3 is 5.97 Å². The smallest absolute Gasteiger partial charge is 0.310 e. The molecule has 3 aliphatic carbocycles. The van der Waals surface area contributed by atoms with Crippen LogP contribution in [0, 0.1) is 11.3 Å². The Morgan fingerprint density at radius 2 is 2.20 bits per heavy atom. The van der Waals surface area contributed by atoms with Crippen molar-refractivity contribution in [2.24, 2.45) is 11.3 Å². The van der Waals surface area contributed by atoms with E-state index in [2.05, 4.69) is 10.3 Å². The minimum atomic E-state index is -0.735. The number of rotatable bonds is 4. The molecule has 0 saturated heterocycles. The van der Waals surface area contributed by atoms with Crippen molar-refractivity contribution >= 4 is 11.9 Å². The molecule has 1 amide bonds. The van der Waals surface area contributed by atoms with Crippen LogP contribution < -0.4 is 5.32 Å². The first-order valence-electron chi connectivity index (χ1n) is 7.10. The lowest BCUT2D eigenvalue weighted by molar-refractivity contribution is -0.147. The monoisotopic (exact) mass is 276 g/mol. The zero-order valence-electron chi connectivity index (χ0n) is 11.0. The standard InChI is InChI=1S/C14H16N2O4/c17-11(10-6-20-12(16-10)7-2-1-3-7)15-9-5-14(13(18)19)4-8(9)14/h6-9H,1-5H2,(H,15,17)(H,18,19)/t8-,9+,14-/m0/s1. The van der Waals surface area contributed by atoms with Gasteiger partial charge in [0.05, 0.1) is 5.41 Å². The van der Waals surface area contributed by atoms with E-state index in [1.54, 1.807) is 0 Å². The summed E-state index contributed by atoms with van der Waals surface area (Å²) in [5.41, 5.74) is -0.237. The molecule has 0 bridgehead atoms. The number of nitrogens with one attached hydrogen (secondary N) is 1. The van der Waals surface area contributed by atoms with E-state index in [-0.39, 0.29) is 17.9 Å². The first-order chi connectivity index (χ1) is 9.60. The highest BCUT2D eigenvalue weighted by atomic mass is 16.4. The third kappa shape index (κ3) is 1.53. The number of carboxylic acid groups (broad SMARTS) is 1. The Kier molecular flexibility index (Phi) is 2.29. The fraction of sp³-hybridized carbons (Fsp3) is 0.643. The van der Waals surface area contributed by atoms with Gasteiger partial charge in [-0.3, -0.25) is 9.59 Å². The van der Waals surface area contributed by atoms with Crippen LogP contribution in [0.2, 0.25) is 0 Å². The first-order valence-corrected chi connectivity index (χ1v) is 7.10. The molecule has 0 radical (unpaired) electrons. The highest BCUT2D eigenvalue weighted by Gasteiger charge is 2.72. The summed E-state index contributed by atoms with van der Waals surface area (Å²) in [5, 5.41) is 11.9. The molecular formula is C14H16N2O4. The van der Waals surface area contributed by atoms with Gasteiger partial charge in [0, 0.05) is 12.0 Å². The summed E-state index contributed by atoms with van der Waals surface area (Å²) >= 11 is 0. The predicted molar refractivity (Wildman–Crippen MR) is 67.1 cm³/mol. The number of oxazole rings is 1. The van der Waals surface area contributed by atoms with Crippen LogP contribution in [0.4, 0.5) is 0 Å². The Balaban J connectivity index is 1.37. The first kappa shape index (κ1) is 11.9. The van der Waals surface area contributed by atoms with Gasteiger partial charge in [-0.1, -0.05) is 6.42 Å². The Morgan fingerprint density at radius 3 is 2.75 bits per heavy atom. The van der Waals surface area contributed by atoms with Gasteiger partial charge in [-0.05, 0) is 31.6 Å². The van der Waals surface area contributed by atoms with Crippen LogP contribution >= 0.6 is 0 Å². The molecule has 106 valence electrons. The van der Waals surface area contributed by atoms with Crippen molar-refractivity contribution in [2.45, 2.75) is 44.1 Å². The van der Waals surface area contributed by atoms with Gasteiger partial charge in [-0.25, -0.2) is 4.98 Å². The predicted octanol–water partition coefficient (Wildman–Crippen LogP) is 1.54. The van der Waals surface area contributed by atoms with E-state index in [1.165, 1.54) is 12.7 Å². The SMILES string of the molecule is O=C(N[C@@H]1C[C@@]2(C(=O)O)C[C@@H]12)c1coc(C2CCC2)n1. The second-order valence-corrected chi connectivity index (χ2v) is 6.25. The van der Waals surface area contributed by atoms with Crippen molar-refractivity contribution in [1.82, 2.24) is 10.3 Å². The summed E-state index contributed by atoms with van der Waals surface area (Å²) < 4.78 is 5.35. The van der Waals surface area contributed by atoms with Gasteiger partial charge in [0.25, 0.3) is 5.91 Å². The van der Waals surface area contributed by atoms with Crippen LogP contribution in [0.1, 0.15) is 54.4 Å². The van der Waals surface area contributed by atoms with E-state index in [0.29, 0.717) is 30.3 Å². The molecule has 3 fully saturated rings. The van der Waals surface area contributed by atoms with Gasteiger partial charge in [0.15, 0.2) is 11.6 Å². The lowest BCUT2D eigenvalue weighted by Crippen LogP contribution is -2.48. The Morgan fingerprint density at radius 1 is 1.40 bits per heavy atom. The number of carbonyl (C=O) groups is 2. The van der Waals surface area contributed by atoms with E-state index in [1.807, 2.05) is 0 Å². The summed E-state index contributed by atoms with van der Waals surface area (Å²) in [4.78, 5) is 27.3. The number of carboxylic acids is 1. The molecule has 1 aromatic rings. The van der Waals surface area contributed by atoms with Gasteiger partial charge in [-0.2, -0.15) is 0 Å². The molecule has 2 N–H and O–H groups in total. The van der Waals surface area contributed by atoms with Gasteiger partial charge in [0.1, 0.15) is 6.26 Å². The van der Waals surface area contributed by atoms with Gasteiger partial charge in [0.2, 0.25) is 0 Å². The van der Waals surface area contributed by atoms with Crippen molar-refractivity contribution in [1.29, 1.82) is 0 Å². The van der Waals surface area contributed by atoms with Gasteiger partial charge in [-0.15, -0.1) is 0 Å². The van der Waals surface area contributed by atoms with E-state index >= 15 is 0 Å². The van der Waals surface area contributed by atoms with Crippen LogP contribution in [-0.2, 0) is 4.79 Å². The van der Waals surface area contributed by atoms with E-state index in [4.69, 9.17) is 9.52 Å². The number of carbonyl (C=O) groups excluding carboxylic acids is 1. The quantitative estimate of drug-likeness (QED) is 0.870. The lowest BCUT2D eigenvalue weighted by Gasteiger charge is -2.31. The number of aromatic nitrogens is 1. The molecule has 0 unspecified atom stereocenters. The molecule has 0 aliphatic heterocycles. The molecule has 4 rings (SSSR count). The average molecular weight is 276 g/mol. The number of aliphatic carboxylic acids is 1. The maximum atomic E-state index is 12.0. The maximum Gasteiger partial charge on any atom is 0.310 e. The van der Waals surface area contributed by atoms with Crippen LogP contribution in [0.25, 0.3) is 0 Å². The maximum absolute atomic E-state index is 12.0. The largest absolute Gasteiger partial charge is 0.481 e. The van der Waals surface area contributed by atoms with Crippen LogP contribution in [0.15, 0.2) is 10.7 Å². The normalized spacial score (nSPS) is 34.6. The molecule has 1 aromatic heterocycles. The van der Waals surface area contributed by atoms with E-state index in [0.717, 1.165) is 12.8 Å². The van der Waals surface area contributed by atoms with Crippen LogP contribution in [-0.4, -0.2) is 28.0 Å². The Hall–Kier alpha value is -1.85. The number of hydrogen-bond acceptors (Lipinski definition) is 4. The molecule has 0 spiro atoms. The minimum absolute atomic E-state index is 0.0255.